The van der Waals surface area contributed by atoms with Crippen molar-refractivity contribution < 1.29 is 13.9 Å². The van der Waals surface area contributed by atoms with E-state index in [0.29, 0.717) is 35.4 Å². The van der Waals surface area contributed by atoms with Gasteiger partial charge in [-0.3, -0.25) is 14.7 Å². The molecule has 0 aliphatic heterocycles. The Hall–Kier alpha value is -2.74. The van der Waals surface area contributed by atoms with Crippen molar-refractivity contribution in [3.63, 3.8) is 0 Å². The van der Waals surface area contributed by atoms with Crippen LogP contribution in [0.3, 0.4) is 0 Å². The van der Waals surface area contributed by atoms with Gasteiger partial charge in [0.2, 0.25) is 5.91 Å². The lowest BCUT2D eigenvalue weighted by atomic mass is 10.0. The maximum atomic E-state index is 14.5. The summed E-state index contributed by atoms with van der Waals surface area (Å²) in [7, 11) is 0. The number of benzene rings is 2. The maximum Gasteiger partial charge on any atom is 0.244 e. The fourth-order valence-electron chi connectivity index (χ4n) is 3.38. The average Bonchev–Trinajstić information content (AvgIpc) is 2.85. The highest BCUT2D eigenvalue weighted by Crippen LogP contribution is 2.26. The number of ether oxygens (including phenoxy) is 1. The molecule has 1 heterocycles. The summed E-state index contributed by atoms with van der Waals surface area (Å²) in [6.07, 6.45) is 3.93. The summed E-state index contributed by atoms with van der Waals surface area (Å²) in [6.45, 7) is 4.56. The van der Waals surface area contributed by atoms with Crippen molar-refractivity contribution in [1.29, 1.82) is 5.26 Å². The number of halogens is 3. The van der Waals surface area contributed by atoms with E-state index in [1.165, 1.54) is 6.07 Å². The molecule has 6 nitrogen and oxygen atoms in total. The zero-order valence-corrected chi connectivity index (χ0v) is 22.3. The number of amides is 1. The molecule has 35 heavy (non-hydrogen) atoms. The van der Waals surface area contributed by atoms with Gasteiger partial charge in [0.25, 0.3) is 0 Å². The van der Waals surface area contributed by atoms with Crippen LogP contribution in [-0.4, -0.2) is 39.0 Å². The molecule has 9 heteroatoms. The van der Waals surface area contributed by atoms with Crippen molar-refractivity contribution in [2.75, 3.05) is 23.0 Å². The minimum Gasteiger partial charge on any atom is -0.490 e. The standard InChI is InChI=1S/C26H25ClFIN4O2/c1-26(2,25(34)32-21-6-4-20(16-30)22(27)15-21)33(17-29)12-3-13-35-24-7-5-19(14-23(24)28)18-8-10-31-11-9-18/h4-11,14-15H,3,12-13,17H2,1-2H3,(H,32,34). The van der Waals surface area contributed by atoms with Gasteiger partial charge in [0, 0.05) is 24.6 Å². The lowest BCUT2D eigenvalue weighted by Crippen LogP contribution is -2.52. The van der Waals surface area contributed by atoms with E-state index < -0.39 is 11.4 Å². The summed E-state index contributed by atoms with van der Waals surface area (Å²) in [5.74, 6) is -0.432. The van der Waals surface area contributed by atoms with Gasteiger partial charge in [0.15, 0.2) is 11.6 Å². The minimum atomic E-state index is -0.820. The third kappa shape index (κ3) is 6.90. The van der Waals surface area contributed by atoms with Crippen molar-refractivity contribution in [2.24, 2.45) is 0 Å². The van der Waals surface area contributed by atoms with E-state index >= 15 is 0 Å². The number of nitriles is 1. The predicted octanol–water partition coefficient (Wildman–Crippen LogP) is 6.29. The molecule has 0 bridgehead atoms. The largest absolute Gasteiger partial charge is 0.490 e. The molecule has 1 aromatic heterocycles. The van der Waals surface area contributed by atoms with Gasteiger partial charge in [-0.2, -0.15) is 5.26 Å². The highest BCUT2D eigenvalue weighted by molar-refractivity contribution is 14.1. The third-order valence-corrected chi connectivity index (χ3v) is 6.75. The van der Waals surface area contributed by atoms with Crippen LogP contribution in [-0.2, 0) is 4.79 Å². The fraction of sp³-hybridized carbons (Fsp3) is 0.269. The second kappa shape index (κ2) is 12.3. The lowest BCUT2D eigenvalue weighted by Gasteiger charge is -2.36. The number of carbonyl (C=O) groups excluding carboxylic acids is 1. The van der Waals surface area contributed by atoms with Gasteiger partial charge in [0.05, 0.1) is 27.3 Å². The molecule has 3 rings (SSSR count). The highest BCUT2D eigenvalue weighted by Gasteiger charge is 2.34. The van der Waals surface area contributed by atoms with E-state index in [0.717, 1.165) is 11.1 Å². The molecule has 0 spiro atoms. The molecule has 0 radical (unpaired) electrons. The van der Waals surface area contributed by atoms with E-state index in [-0.39, 0.29) is 16.7 Å². The minimum absolute atomic E-state index is 0.193. The molecular weight excluding hydrogens is 582 g/mol. The number of alkyl halides is 1. The topological polar surface area (TPSA) is 78.2 Å². The van der Waals surface area contributed by atoms with Crippen LogP contribution in [0.15, 0.2) is 60.9 Å². The van der Waals surface area contributed by atoms with Crippen molar-refractivity contribution in [3.05, 3.63) is 77.3 Å². The SMILES string of the molecule is CC(C)(C(=O)Nc1ccc(C#N)c(Cl)c1)N(CI)CCCOc1ccc(-c2ccncc2)cc1F. The summed E-state index contributed by atoms with van der Waals surface area (Å²) < 4.78 is 20.8. The predicted molar refractivity (Wildman–Crippen MR) is 144 cm³/mol. The molecule has 0 atom stereocenters. The second-order valence-electron chi connectivity index (χ2n) is 8.29. The van der Waals surface area contributed by atoms with E-state index in [1.54, 1.807) is 36.7 Å². The highest BCUT2D eigenvalue weighted by atomic mass is 127. The van der Waals surface area contributed by atoms with Gasteiger partial charge in [0.1, 0.15) is 6.07 Å². The van der Waals surface area contributed by atoms with Gasteiger partial charge in [-0.25, -0.2) is 4.39 Å². The van der Waals surface area contributed by atoms with Gasteiger partial charge in [-0.05, 0) is 73.9 Å². The Morgan fingerprint density at radius 1 is 1.20 bits per heavy atom. The number of nitrogens with one attached hydrogen (secondary N) is 1. The molecule has 0 unspecified atom stereocenters. The van der Waals surface area contributed by atoms with Crippen molar-refractivity contribution in [3.8, 4) is 22.9 Å². The Bertz CT molecular complexity index is 1220. The van der Waals surface area contributed by atoms with E-state index in [4.69, 9.17) is 21.6 Å². The summed E-state index contributed by atoms with van der Waals surface area (Å²) in [5, 5.41) is 12.2. The van der Waals surface area contributed by atoms with Crippen LogP contribution in [0.5, 0.6) is 5.75 Å². The first-order chi connectivity index (χ1) is 16.8. The molecule has 1 N–H and O–H groups in total. The van der Waals surface area contributed by atoms with Crippen LogP contribution in [0, 0.1) is 17.1 Å². The Morgan fingerprint density at radius 3 is 2.57 bits per heavy atom. The zero-order valence-electron chi connectivity index (χ0n) is 19.4. The molecular formula is C26H25ClFIN4O2. The summed E-state index contributed by atoms with van der Waals surface area (Å²) >= 11 is 8.29. The Kier molecular flexibility index (Phi) is 9.43. The molecule has 1 amide bonds. The molecule has 2 aromatic carbocycles. The molecule has 182 valence electrons. The Balaban J connectivity index is 1.55. The summed E-state index contributed by atoms with van der Waals surface area (Å²) in [5.41, 5.74) is 1.69. The van der Waals surface area contributed by atoms with E-state index in [1.807, 2.05) is 43.0 Å². The molecule has 3 aromatic rings. The van der Waals surface area contributed by atoms with Crippen LogP contribution in [0.2, 0.25) is 5.02 Å². The number of hydrogen-bond donors (Lipinski definition) is 1. The summed E-state index contributed by atoms with van der Waals surface area (Å²) in [4.78, 5) is 19.0. The van der Waals surface area contributed by atoms with E-state index in [9.17, 15) is 9.18 Å². The van der Waals surface area contributed by atoms with E-state index in [2.05, 4.69) is 32.9 Å². The van der Waals surface area contributed by atoms with Gasteiger partial charge < -0.3 is 10.1 Å². The number of carbonyl (C=O) groups is 1. The van der Waals surface area contributed by atoms with Crippen LogP contribution in [0.25, 0.3) is 11.1 Å². The molecule has 0 saturated carbocycles. The van der Waals surface area contributed by atoms with Crippen molar-refractivity contribution >= 4 is 45.8 Å². The zero-order chi connectivity index (χ0) is 25.4. The number of anilines is 1. The molecule has 0 saturated heterocycles. The molecule has 0 aliphatic carbocycles. The van der Waals surface area contributed by atoms with Gasteiger partial charge in [-0.15, -0.1) is 0 Å². The van der Waals surface area contributed by atoms with Crippen LogP contribution < -0.4 is 10.1 Å². The first-order valence-corrected chi connectivity index (χ1v) is 12.8. The second-order valence-corrected chi connectivity index (χ2v) is 9.38. The fourth-order valence-corrected chi connectivity index (χ4v) is 4.80. The first-order valence-electron chi connectivity index (χ1n) is 10.9. The monoisotopic (exact) mass is 606 g/mol. The lowest BCUT2D eigenvalue weighted by molar-refractivity contribution is -0.125. The summed E-state index contributed by atoms with van der Waals surface area (Å²) in [6, 6.07) is 15.3. The number of aromatic nitrogens is 1. The normalized spacial score (nSPS) is 11.2. The smallest absolute Gasteiger partial charge is 0.244 e. The third-order valence-electron chi connectivity index (χ3n) is 5.61. The quantitative estimate of drug-likeness (QED) is 0.127. The van der Waals surface area contributed by atoms with Crippen LogP contribution in [0.4, 0.5) is 10.1 Å². The van der Waals surface area contributed by atoms with Gasteiger partial charge >= 0.3 is 0 Å². The van der Waals surface area contributed by atoms with Crippen molar-refractivity contribution in [1.82, 2.24) is 9.88 Å². The van der Waals surface area contributed by atoms with Gasteiger partial charge in [-0.1, -0.05) is 40.3 Å². The maximum absolute atomic E-state index is 14.5. The average molecular weight is 607 g/mol. The van der Waals surface area contributed by atoms with Crippen molar-refractivity contribution in [2.45, 2.75) is 25.8 Å². The van der Waals surface area contributed by atoms with Crippen LogP contribution in [0.1, 0.15) is 25.8 Å². The number of rotatable bonds is 10. The molecule has 0 aliphatic rings. The first kappa shape index (κ1) is 26.9. The number of pyridine rings is 1. The molecule has 0 fully saturated rings. The van der Waals surface area contributed by atoms with Crippen LogP contribution >= 0.6 is 34.2 Å². The Labute approximate surface area is 223 Å². The number of nitrogens with zero attached hydrogens (tertiary/aromatic N) is 3. The Morgan fingerprint density at radius 2 is 1.94 bits per heavy atom. The number of hydrogen-bond acceptors (Lipinski definition) is 5.